The zero-order valence-electron chi connectivity index (χ0n) is 16.9. The fraction of sp³-hybridized carbons (Fsp3) is 0.167. The van der Waals surface area contributed by atoms with Crippen LogP contribution >= 0.6 is 11.6 Å². The van der Waals surface area contributed by atoms with Crippen LogP contribution in [0, 0.1) is 0 Å². The maximum Gasteiger partial charge on any atom is 0.416 e. The van der Waals surface area contributed by atoms with Gasteiger partial charge in [-0.2, -0.15) is 13.2 Å². The van der Waals surface area contributed by atoms with Gasteiger partial charge in [-0.25, -0.2) is 0 Å². The van der Waals surface area contributed by atoms with Gasteiger partial charge in [0, 0.05) is 17.3 Å². The van der Waals surface area contributed by atoms with Gasteiger partial charge in [0.05, 0.1) is 5.56 Å². The van der Waals surface area contributed by atoms with Crippen LogP contribution in [0.25, 0.3) is 0 Å². The molecule has 0 aliphatic heterocycles. The molecule has 3 aromatic carbocycles. The van der Waals surface area contributed by atoms with Crippen molar-refractivity contribution in [2.24, 2.45) is 5.73 Å². The lowest BCUT2D eigenvalue weighted by Crippen LogP contribution is -2.41. The second-order valence-electron chi connectivity index (χ2n) is 7.16. The first-order valence-electron chi connectivity index (χ1n) is 9.74. The summed E-state index contributed by atoms with van der Waals surface area (Å²) < 4.78 is 38.4. The van der Waals surface area contributed by atoms with E-state index in [1.165, 1.54) is 17.0 Å². The second-order valence-corrected chi connectivity index (χ2v) is 7.60. The third kappa shape index (κ3) is 5.68. The van der Waals surface area contributed by atoms with Gasteiger partial charge in [-0.05, 0) is 47.9 Å². The van der Waals surface area contributed by atoms with Crippen molar-refractivity contribution in [2.45, 2.75) is 18.5 Å². The molecule has 2 amide bonds. The van der Waals surface area contributed by atoms with Crippen molar-refractivity contribution in [1.82, 2.24) is 0 Å². The van der Waals surface area contributed by atoms with Crippen LogP contribution in [0.5, 0.6) is 0 Å². The van der Waals surface area contributed by atoms with Crippen LogP contribution in [0.1, 0.15) is 22.6 Å². The summed E-state index contributed by atoms with van der Waals surface area (Å²) in [5.41, 5.74) is 6.32. The zero-order valence-corrected chi connectivity index (χ0v) is 17.6. The van der Waals surface area contributed by atoms with Gasteiger partial charge >= 0.3 is 6.18 Å². The van der Waals surface area contributed by atoms with Crippen molar-refractivity contribution >= 4 is 29.1 Å². The highest BCUT2D eigenvalue weighted by molar-refractivity contribution is 6.31. The Kier molecular flexibility index (Phi) is 7.20. The van der Waals surface area contributed by atoms with Crippen molar-refractivity contribution < 1.29 is 22.8 Å². The molecule has 1 atom stereocenters. The predicted molar refractivity (Wildman–Crippen MR) is 117 cm³/mol. The lowest BCUT2D eigenvalue weighted by molar-refractivity contribution is -0.137. The Morgan fingerprint density at radius 2 is 1.59 bits per heavy atom. The summed E-state index contributed by atoms with van der Waals surface area (Å²) in [7, 11) is 0. The van der Waals surface area contributed by atoms with Gasteiger partial charge in [0.2, 0.25) is 11.8 Å². The monoisotopic (exact) mass is 460 g/mol. The molecule has 0 spiro atoms. The number of hydrogen-bond donors (Lipinski definition) is 1. The van der Waals surface area contributed by atoms with Crippen LogP contribution in [0.3, 0.4) is 0 Å². The van der Waals surface area contributed by atoms with Crippen LogP contribution in [-0.4, -0.2) is 18.4 Å². The van der Waals surface area contributed by atoms with Crippen LogP contribution in [0.4, 0.5) is 18.9 Å². The third-order valence-corrected chi connectivity index (χ3v) is 5.19. The minimum absolute atomic E-state index is 0.112. The summed E-state index contributed by atoms with van der Waals surface area (Å²) >= 11 is 6.09. The molecule has 0 radical (unpaired) electrons. The summed E-state index contributed by atoms with van der Waals surface area (Å²) in [5.74, 6) is -2.57. The predicted octanol–water partition coefficient (Wildman–Crippen LogP) is 5.20. The van der Waals surface area contributed by atoms with Gasteiger partial charge in [0.1, 0.15) is 5.92 Å². The van der Waals surface area contributed by atoms with Crippen molar-refractivity contribution in [1.29, 1.82) is 0 Å². The summed E-state index contributed by atoms with van der Waals surface area (Å²) in [6.45, 7) is 0.112. The Morgan fingerprint density at radius 3 is 2.16 bits per heavy atom. The van der Waals surface area contributed by atoms with E-state index in [2.05, 4.69) is 0 Å². The number of amides is 2. The number of benzene rings is 3. The second kappa shape index (κ2) is 9.87. The molecule has 2 N–H and O–H groups in total. The van der Waals surface area contributed by atoms with E-state index in [0.717, 1.165) is 12.1 Å². The van der Waals surface area contributed by atoms with Crippen molar-refractivity contribution in [3.8, 4) is 0 Å². The maximum atomic E-state index is 13.4. The summed E-state index contributed by atoms with van der Waals surface area (Å²) in [6.07, 6.45) is -4.16. The molecule has 3 aromatic rings. The van der Waals surface area contributed by atoms with Gasteiger partial charge in [0.15, 0.2) is 0 Å². The van der Waals surface area contributed by atoms with Gasteiger partial charge in [-0.1, -0.05) is 60.1 Å². The van der Waals surface area contributed by atoms with E-state index in [0.29, 0.717) is 21.8 Å². The molecular weight excluding hydrogens is 441 g/mol. The first kappa shape index (κ1) is 23.3. The first-order valence-corrected chi connectivity index (χ1v) is 10.1. The fourth-order valence-corrected chi connectivity index (χ4v) is 3.53. The average molecular weight is 461 g/mol. The van der Waals surface area contributed by atoms with E-state index < -0.39 is 29.5 Å². The Bertz CT molecular complexity index is 1090. The number of nitrogens with two attached hydrogens (primary N) is 1. The van der Waals surface area contributed by atoms with Crippen molar-refractivity contribution in [3.63, 3.8) is 0 Å². The Hall–Kier alpha value is -3.32. The highest BCUT2D eigenvalue weighted by Gasteiger charge is 2.32. The van der Waals surface area contributed by atoms with Crippen LogP contribution in [0.2, 0.25) is 5.02 Å². The molecule has 0 bridgehead atoms. The van der Waals surface area contributed by atoms with Gasteiger partial charge in [-0.15, -0.1) is 0 Å². The van der Waals surface area contributed by atoms with E-state index in [9.17, 15) is 22.8 Å². The normalized spacial score (nSPS) is 12.2. The zero-order chi connectivity index (χ0) is 23.3. The van der Waals surface area contributed by atoms with E-state index in [-0.39, 0.29) is 13.0 Å². The molecule has 3 rings (SSSR count). The smallest absolute Gasteiger partial charge is 0.369 e. The quantitative estimate of drug-likeness (QED) is 0.492. The van der Waals surface area contributed by atoms with Crippen molar-refractivity contribution in [2.75, 3.05) is 11.4 Å². The minimum atomic E-state index is -4.42. The lowest BCUT2D eigenvalue weighted by atomic mass is 9.96. The highest BCUT2D eigenvalue weighted by Crippen LogP contribution is 2.30. The van der Waals surface area contributed by atoms with E-state index in [4.69, 9.17) is 17.3 Å². The first-order chi connectivity index (χ1) is 15.2. The SMILES string of the molecule is NC(=O)C(C(=O)N(CCc1ccc(C(F)(F)F)cc1)c1cccc(Cl)c1)c1ccccc1. The fourth-order valence-electron chi connectivity index (χ4n) is 3.34. The van der Waals surface area contributed by atoms with Crippen LogP contribution < -0.4 is 10.6 Å². The molecule has 0 fully saturated rings. The molecule has 0 saturated carbocycles. The van der Waals surface area contributed by atoms with Gasteiger partial charge < -0.3 is 10.6 Å². The number of hydrogen-bond acceptors (Lipinski definition) is 2. The Balaban J connectivity index is 1.90. The summed E-state index contributed by atoms with van der Waals surface area (Å²) in [4.78, 5) is 27.0. The number of nitrogens with zero attached hydrogens (tertiary/aromatic N) is 1. The molecular formula is C24H20ClF3N2O2. The van der Waals surface area contributed by atoms with Gasteiger partial charge in [-0.3, -0.25) is 9.59 Å². The molecule has 166 valence electrons. The van der Waals surface area contributed by atoms with E-state index in [1.807, 2.05) is 0 Å². The number of halogens is 4. The molecule has 1 unspecified atom stereocenters. The number of primary amides is 1. The lowest BCUT2D eigenvalue weighted by Gasteiger charge is -2.27. The van der Waals surface area contributed by atoms with Gasteiger partial charge in [0.25, 0.3) is 0 Å². The van der Waals surface area contributed by atoms with E-state index in [1.54, 1.807) is 54.6 Å². The molecule has 8 heteroatoms. The number of alkyl halides is 3. The number of anilines is 1. The molecule has 4 nitrogen and oxygen atoms in total. The Morgan fingerprint density at radius 1 is 0.938 bits per heavy atom. The number of rotatable bonds is 7. The van der Waals surface area contributed by atoms with Crippen LogP contribution in [-0.2, 0) is 22.2 Å². The summed E-state index contributed by atoms with van der Waals surface area (Å²) in [5, 5.41) is 0.394. The molecule has 32 heavy (non-hydrogen) atoms. The molecule has 0 heterocycles. The maximum absolute atomic E-state index is 13.4. The molecule has 0 aromatic heterocycles. The largest absolute Gasteiger partial charge is 0.416 e. The standard InChI is InChI=1S/C24H20ClF3N2O2/c25-19-7-4-8-20(15-19)30(14-13-16-9-11-18(12-10-16)24(26,27)28)23(32)21(22(29)31)17-5-2-1-3-6-17/h1-12,15,21H,13-14H2,(H2,29,31). The topological polar surface area (TPSA) is 63.4 Å². The van der Waals surface area contributed by atoms with E-state index >= 15 is 0 Å². The molecule has 0 aliphatic rings. The molecule has 0 aliphatic carbocycles. The number of carbonyl (C=O) groups is 2. The molecule has 0 saturated heterocycles. The van der Waals surface area contributed by atoms with Crippen LogP contribution in [0.15, 0.2) is 78.9 Å². The number of carbonyl (C=O) groups excluding carboxylic acids is 2. The third-order valence-electron chi connectivity index (χ3n) is 4.96. The summed E-state index contributed by atoms with van der Waals surface area (Å²) in [6, 6.07) is 19.7. The van der Waals surface area contributed by atoms with Crippen molar-refractivity contribution in [3.05, 3.63) is 101 Å². The Labute approximate surface area is 188 Å². The minimum Gasteiger partial charge on any atom is -0.369 e. The average Bonchev–Trinajstić information content (AvgIpc) is 2.74. The highest BCUT2D eigenvalue weighted by atomic mass is 35.5.